The number of hydrogen-bond acceptors (Lipinski definition) is 7. The first-order valence-corrected chi connectivity index (χ1v) is 9.17. The summed E-state index contributed by atoms with van der Waals surface area (Å²) in [6, 6.07) is 0. The van der Waals surface area contributed by atoms with Crippen LogP contribution in [-0.4, -0.2) is 89.5 Å². The number of ether oxygens (including phenoxy) is 4. The highest BCUT2D eigenvalue weighted by molar-refractivity contribution is 5.75. The molecule has 0 bridgehead atoms. The van der Waals surface area contributed by atoms with E-state index in [1.165, 1.54) is 0 Å². The molecule has 0 aromatic heterocycles. The fourth-order valence-corrected chi connectivity index (χ4v) is 1.80. The molecule has 3 N–H and O–H groups in total. The van der Waals surface area contributed by atoms with E-state index in [-0.39, 0.29) is 12.3 Å². The quantitative estimate of drug-likeness (QED) is 0.254. The molecule has 9 heteroatoms. The number of carboxylic acids is 1. The summed E-state index contributed by atoms with van der Waals surface area (Å²) >= 11 is 0. The van der Waals surface area contributed by atoms with Crippen molar-refractivity contribution in [1.29, 1.82) is 0 Å². The summed E-state index contributed by atoms with van der Waals surface area (Å²) in [5.74, 6) is -0.751. The smallest absolute Gasteiger partial charge is 0.304 e. The molecule has 1 amide bonds. The number of hydrogen-bond donors (Lipinski definition) is 3. The van der Waals surface area contributed by atoms with Crippen molar-refractivity contribution in [2.24, 2.45) is 0 Å². The number of aliphatic carboxylic acids is 1. The van der Waals surface area contributed by atoms with Gasteiger partial charge in [-0.2, -0.15) is 0 Å². The first-order valence-electron chi connectivity index (χ1n) is 9.17. The third-order valence-corrected chi connectivity index (χ3v) is 3.10. The van der Waals surface area contributed by atoms with Gasteiger partial charge in [0.25, 0.3) is 0 Å². The van der Waals surface area contributed by atoms with Gasteiger partial charge in [-0.1, -0.05) is 6.92 Å². The van der Waals surface area contributed by atoms with Crippen LogP contribution in [0.1, 0.15) is 26.2 Å². The van der Waals surface area contributed by atoms with Gasteiger partial charge in [0.05, 0.1) is 59.3 Å². The van der Waals surface area contributed by atoms with Crippen LogP contribution < -0.4 is 10.6 Å². The Labute approximate surface area is 155 Å². The van der Waals surface area contributed by atoms with Gasteiger partial charge in [0, 0.05) is 26.1 Å². The molecule has 0 heterocycles. The van der Waals surface area contributed by atoms with Gasteiger partial charge in [-0.05, 0) is 6.42 Å². The summed E-state index contributed by atoms with van der Waals surface area (Å²) in [6.07, 6.45) is 1.52. The van der Waals surface area contributed by atoms with Crippen molar-refractivity contribution in [3.8, 4) is 0 Å². The molecule has 9 nitrogen and oxygen atoms in total. The van der Waals surface area contributed by atoms with E-state index in [0.29, 0.717) is 78.9 Å². The molecular formula is C17H34N2O7. The molecule has 0 radical (unpaired) electrons. The minimum Gasteiger partial charge on any atom is -0.481 e. The lowest BCUT2D eigenvalue weighted by atomic mass is 10.3. The number of carboxylic acid groups (broad SMARTS) is 1. The van der Waals surface area contributed by atoms with E-state index in [9.17, 15) is 9.59 Å². The molecule has 0 aromatic carbocycles. The van der Waals surface area contributed by atoms with Crippen LogP contribution in [0.3, 0.4) is 0 Å². The molecule has 154 valence electrons. The van der Waals surface area contributed by atoms with Crippen LogP contribution in [0.15, 0.2) is 0 Å². The first-order chi connectivity index (χ1) is 12.7. The lowest BCUT2D eigenvalue weighted by Gasteiger charge is -2.08. The van der Waals surface area contributed by atoms with E-state index >= 15 is 0 Å². The fourth-order valence-electron chi connectivity index (χ4n) is 1.80. The largest absolute Gasteiger partial charge is 0.481 e. The Balaban J connectivity index is 3.05. The van der Waals surface area contributed by atoms with Crippen LogP contribution >= 0.6 is 0 Å². The summed E-state index contributed by atoms with van der Waals surface area (Å²) in [6.45, 7) is 7.52. The molecular weight excluding hydrogens is 344 g/mol. The van der Waals surface area contributed by atoms with Crippen LogP contribution in [0.4, 0.5) is 0 Å². The number of nitrogens with one attached hydrogen (secondary N) is 2. The van der Waals surface area contributed by atoms with Gasteiger partial charge in [-0.25, -0.2) is 0 Å². The van der Waals surface area contributed by atoms with E-state index in [1.807, 2.05) is 6.92 Å². The molecule has 0 saturated carbocycles. The van der Waals surface area contributed by atoms with Crippen LogP contribution in [-0.2, 0) is 28.5 Å². The topological polar surface area (TPSA) is 115 Å². The van der Waals surface area contributed by atoms with Gasteiger partial charge in [0.1, 0.15) is 0 Å². The molecule has 0 rings (SSSR count). The maximum absolute atomic E-state index is 11.2. The SMILES string of the molecule is CCCC(=O)NCCOCCOCCOCCOCCNCCC(=O)O. The Kier molecular flexibility index (Phi) is 19.1. The zero-order chi connectivity index (χ0) is 19.3. The molecule has 0 aliphatic heterocycles. The number of carbonyl (C=O) groups is 2. The molecule has 0 aliphatic rings. The highest BCUT2D eigenvalue weighted by Crippen LogP contribution is 1.86. The predicted molar refractivity (Wildman–Crippen MR) is 96.3 cm³/mol. The Morgan fingerprint density at radius 2 is 1.23 bits per heavy atom. The normalized spacial score (nSPS) is 10.8. The Bertz CT molecular complexity index is 343. The summed E-state index contributed by atoms with van der Waals surface area (Å²) in [5, 5.41) is 14.2. The number of rotatable bonds is 20. The predicted octanol–water partition coefficient (Wildman–Crippen LogP) is 0.0334. The third kappa shape index (κ3) is 20.8. The molecule has 0 saturated heterocycles. The minimum atomic E-state index is -0.809. The number of carbonyl (C=O) groups excluding carboxylic acids is 1. The number of amides is 1. The summed E-state index contributed by atoms with van der Waals surface area (Å²) in [7, 11) is 0. The third-order valence-electron chi connectivity index (χ3n) is 3.10. The molecule has 0 unspecified atom stereocenters. The van der Waals surface area contributed by atoms with Crippen molar-refractivity contribution in [3.63, 3.8) is 0 Å². The van der Waals surface area contributed by atoms with Gasteiger partial charge in [-0.3, -0.25) is 9.59 Å². The van der Waals surface area contributed by atoms with Gasteiger partial charge in [-0.15, -0.1) is 0 Å². The first kappa shape index (κ1) is 24.7. The summed E-state index contributed by atoms with van der Waals surface area (Å²) < 4.78 is 21.4. The second-order valence-electron chi connectivity index (χ2n) is 5.44. The van der Waals surface area contributed by atoms with Gasteiger partial charge >= 0.3 is 5.97 Å². The molecule has 0 spiro atoms. The Morgan fingerprint density at radius 3 is 1.73 bits per heavy atom. The van der Waals surface area contributed by atoms with Crippen LogP contribution in [0.2, 0.25) is 0 Å². The van der Waals surface area contributed by atoms with E-state index in [0.717, 1.165) is 6.42 Å². The van der Waals surface area contributed by atoms with E-state index in [2.05, 4.69) is 10.6 Å². The summed E-state index contributed by atoms with van der Waals surface area (Å²) in [4.78, 5) is 21.5. The van der Waals surface area contributed by atoms with Crippen LogP contribution in [0.25, 0.3) is 0 Å². The standard InChI is InChI=1S/C17H34N2O7/c1-2-3-16(20)19-7-9-24-11-13-26-15-14-25-12-10-23-8-6-18-5-4-17(21)22/h18H,2-15H2,1H3,(H,19,20)(H,21,22). The lowest BCUT2D eigenvalue weighted by Crippen LogP contribution is -2.27. The summed E-state index contributed by atoms with van der Waals surface area (Å²) in [5.41, 5.74) is 0. The highest BCUT2D eigenvalue weighted by atomic mass is 16.6. The van der Waals surface area contributed by atoms with Crippen LogP contribution in [0.5, 0.6) is 0 Å². The van der Waals surface area contributed by atoms with Gasteiger partial charge in [0.15, 0.2) is 0 Å². The zero-order valence-electron chi connectivity index (χ0n) is 15.8. The average molecular weight is 378 g/mol. The van der Waals surface area contributed by atoms with Gasteiger partial charge in [0.2, 0.25) is 5.91 Å². The second kappa shape index (κ2) is 20.1. The monoisotopic (exact) mass is 378 g/mol. The molecule has 26 heavy (non-hydrogen) atoms. The zero-order valence-corrected chi connectivity index (χ0v) is 15.8. The van der Waals surface area contributed by atoms with Crippen LogP contribution in [0, 0.1) is 0 Å². The van der Waals surface area contributed by atoms with E-state index in [4.69, 9.17) is 24.1 Å². The van der Waals surface area contributed by atoms with Crippen molar-refractivity contribution in [2.45, 2.75) is 26.2 Å². The fraction of sp³-hybridized carbons (Fsp3) is 0.882. The van der Waals surface area contributed by atoms with Crippen molar-refractivity contribution < 1.29 is 33.6 Å². The Morgan fingerprint density at radius 1 is 0.731 bits per heavy atom. The Hall–Kier alpha value is -1.26. The lowest BCUT2D eigenvalue weighted by molar-refractivity contribution is -0.136. The van der Waals surface area contributed by atoms with E-state index < -0.39 is 5.97 Å². The maximum Gasteiger partial charge on any atom is 0.304 e. The average Bonchev–Trinajstić information content (AvgIpc) is 2.60. The van der Waals surface area contributed by atoms with Gasteiger partial charge < -0.3 is 34.7 Å². The molecule has 0 aliphatic carbocycles. The maximum atomic E-state index is 11.2. The molecule has 0 fully saturated rings. The second-order valence-corrected chi connectivity index (χ2v) is 5.44. The highest BCUT2D eigenvalue weighted by Gasteiger charge is 1.98. The minimum absolute atomic E-state index is 0.0583. The van der Waals surface area contributed by atoms with Crippen molar-refractivity contribution in [3.05, 3.63) is 0 Å². The van der Waals surface area contributed by atoms with Crippen molar-refractivity contribution in [2.75, 3.05) is 72.5 Å². The van der Waals surface area contributed by atoms with Crippen molar-refractivity contribution in [1.82, 2.24) is 10.6 Å². The van der Waals surface area contributed by atoms with E-state index in [1.54, 1.807) is 0 Å². The molecule has 0 atom stereocenters. The molecule has 0 aromatic rings. The van der Waals surface area contributed by atoms with Crippen molar-refractivity contribution >= 4 is 11.9 Å².